The molecule has 0 heterocycles. The molecule has 0 radical (unpaired) electrons. The van der Waals surface area contributed by atoms with Crippen LogP contribution >= 0.6 is 12.6 Å². The van der Waals surface area contributed by atoms with E-state index in [1.165, 1.54) is 17.2 Å². The number of thiol groups is 1. The largest absolute Gasteiger partial charge is 0.455 e. The average molecular weight is 419 g/mol. The Morgan fingerprint density at radius 3 is 2.50 bits per heavy atom. The van der Waals surface area contributed by atoms with Gasteiger partial charge in [0.15, 0.2) is 0 Å². The molecule has 3 aromatic rings. The number of esters is 1. The van der Waals surface area contributed by atoms with Gasteiger partial charge in [-0.15, -0.1) is 12.6 Å². The van der Waals surface area contributed by atoms with Crippen LogP contribution in [0, 0.1) is 29.6 Å². The zero-order valence-corrected chi connectivity index (χ0v) is 19.1. The molecule has 30 heavy (non-hydrogen) atoms. The van der Waals surface area contributed by atoms with Crippen LogP contribution in [0.2, 0.25) is 0 Å². The third kappa shape index (κ3) is 3.13. The third-order valence-corrected chi connectivity index (χ3v) is 8.45. The summed E-state index contributed by atoms with van der Waals surface area (Å²) in [5.41, 5.74) is 0.376. The van der Waals surface area contributed by atoms with Crippen molar-refractivity contribution in [1.82, 2.24) is 0 Å². The molecule has 5 atom stereocenters. The minimum absolute atomic E-state index is 0.0116. The van der Waals surface area contributed by atoms with Crippen molar-refractivity contribution >= 4 is 40.1 Å². The number of benzene rings is 3. The standard InChI is InChI=1S/C27H30O2S/c1-15-16(2)22-12-19(15)13-24(22)26(28)29-27(3,4)21-9-8-17-10-18-6-5-7-25(30)23(18)14-20(17)11-21/h5-11,14-16,19,22,24,30H,12-13H2,1-4H3. The summed E-state index contributed by atoms with van der Waals surface area (Å²) >= 11 is 4.62. The van der Waals surface area contributed by atoms with Crippen LogP contribution in [0.15, 0.2) is 53.4 Å². The molecule has 2 bridgehead atoms. The van der Waals surface area contributed by atoms with E-state index >= 15 is 0 Å². The van der Waals surface area contributed by atoms with Crippen LogP contribution in [0.5, 0.6) is 0 Å². The van der Waals surface area contributed by atoms with Gasteiger partial charge in [0.05, 0.1) is 5.92 Å². The average Bonchev–Trinajstić information content (AvgIpc) is 3.26. The fourth-order valence-electron chi connectivity index (χ4n) is 5.98. The van der Waals surface area contributed by atoms with Crippen LogP contribution in [0.25, 0.3) is 21.5 Å². The van der Waals surface area contributed by atoms with Crippen molar-refractivity contribution in [3.63, 3.8) is 0 Å². The Hall–Kier alpha value is -2.00. The normalized spacial score (nSPS) is 28.4. The van der Waals surface area contributed by atoms with Crippen LogP contribution in [0.3, 0.4) is 0 Å². The van der Waals surface area contributed by atoms with E-state index in [9.17, 15) is 4.79 Å². The molecule has 5 rings (SSSR count). The number of rotatable bonds is 3. The van der Waals surface area contributed by atoms with Gasteiger partial charge in [0.2, 0.25) is 0 Å². The maximum Gasteiger partial charge on any atom is 0.310 e. The second-order valence-electron chi connectivity index (χ2n) is 10.1. The van der Waals surface area contributed by atoms with Gasteiger partial charge in [-0.05, 0) is 102 Å². The van der Waals surface area contributed by atoms with Crippen LogP contribution in [0.4, 0.5) is 0 Å². The molecule has 156 valence electrons. The lowest BCUT2D eigenvalue weighted by molar-refractivity contribution is -0.165. The third-order valence-electron chi connectivity index (χ3n) is 8.06. The number of fused-ring (bicyclic) bond motifs is 4. The highest BCUT2D eigenvalue weighted by atomic mass is 32.1. The Balaban J connectivity index is 1.43. The molecule has 2 aliphatic rings. The van der Waals surface area contributed by atoms with Crippen molar-refractivity contribution in [3.05, 3.63) is 54.1 Å². The highest BCUT2D eigenvalue weighted by Gasteiger charge is 2.52. The van der Waals surface area contributed by atoms with E-state index < -0.39 is 5.60 Å². The molecule has 2 fully saturated rings. The molecule has 3 heteroatoms. The highest BCUT2D eigenvalue weighted by molar-refractivity contribution is 7.80. The van der Waals surface area contributed by atoms with Crippen LogP contribution in [-0.4, -0.2) is 5.97 Å². The maximum absolute atomic E-state index is 13.1. The van der Waals surface area contributed by atoms with Crippen molar-refractivity contribution in [2.75, 3.05) is 0 Å². The van der Waals surface area contributed by atoms with Gasteiger partial charge in [-0.25, -0.2) is 0 Å². The Kier molecular flexibility index (Phi) is 4.66. The Labute approximate surface area is 184 Å². The van der Waals surface area contributed by atoms with Crippen molar-refractivity contribution in [3.8, 4) is 0 Å². The Morgan fingerprint density at radius 2 is 1.77 bits per heavy atom. The Morgan fingerprint density at radius 1 is 0.967 bits per heavy atom. The number of ether oxygens (including phenoxy) is 1. The monoisotopic (exact) mass is 418 g/mol. The van der Waals surface area contributed by atoms with E-state index in [4.69, 9.17) is 4.74 Å². The van der Waals surface area contributed by atoms with Crippen molar-refractivity contribution in [2.24, 2.45) is 29.6 Å². The molecular formula is C27H30O2S. The first-order valence-electron chi connectivity index (χ1n) is 11.1. The molecule has 0 aliphatic heterocycles. The van der Waals surface area contributed by atoms with Gasteiger partial charge in [-0.3, -0.25) is 4.79 Å². The minimum atomic E-state index is -0.655. The summed E-state index contributed by atoms with van der Waals surface area (Å²) in [7, 11) is 0. The molecule has 0 amide bonds. The van der Waals surface area contributed by atoms with E-state index in [-0.39, 0.29) is 11.9 Å². The first-order valence-corrected chi connectivity index (χ1v) is 11.6. The summed E-state index contributed by atoms with van der Waals surface area (Å²) in [6.45, 7) is 8.67. The fourth-order valence-corrected chi connectivity index (χ4v) is 6.26. The Bertz CT molecular complexity index is 1150. The fraction of sp³-hybridized carbons (Fsp3) is 0.444. The summed E-state index contributed by atoms with van der Waals surface area (Å²) < 4.78 is 6.15. The lowest BCUT2D eigenvalue weighted by Gasteiger charge is -2.33. The smallest absolute Gasteiger partial charge is 0.310 e. The first kappa shape index (κ1) is 19.9. The van der Waals surface area contributed by atoms with Crippen LogP contribution < -0.4 is 0 Å². The number of carbonyl (C=O) groups is 1. The second kappa shape index (κ2) is 7.02. The summed E-state index contributed by atoms with van der Waals surface area (Å²) in [6.07, 6.45) is 2.19. The molecule has 0 spiro atoms. The minimum Gasteiger partial charge on any atom is -0.455 e. The molecule has 0 saturated heterocycles. The lowest BCUT2D eigenvalue weighted by atomic mass is 9.75. The van der Waals surface area contributed by atoms with Crippen LogP contribution in [-0.2, 0) is 15.1 Å². The predicted molar refractivity (Wildman–Crippen MR) is 126 cm³/mol. The molecule has 0 aromatic heterocycles. The SMILES string of the molecule is CC1C2CC(C(=O)OC(C)(C)c3ccc4cc5cccc(S)c5cc4c3)C(C2)C1C. The lowest BCUT2D eigenvalue weighted by Crippen LogP contribution is -2.35. The van der Waals surface area contributed by atoms with Gasteiger partial charge >= 0.3 is 5.97 Å². The van der Waals surface area contributed by atoms with E-state index in [0.29, 0.717) is 17.8 Å². The van der Waals surface area contributed by atoms with E-state index in [1.807, 2.05) is 26.0 Å². The second-order valence-corrected chi connectivity index (χ2v) is 10.5. The molecule has 0 N–H and O–H groups in total. The van der Waals surface area contributed by atoms with Gasteiger partial charge < -0.3 is 4.74 Å². The number of carbonyl (C=O) groups excluding carboxylic acids is 1. The predicted octanol–water partition coefficient (Wildman–Crippen LogP) is 6.99. The molecule has 2 aliphatic carbocycles. The molecule has 5 unspecified atom stereocenters. The molecule has 2 nitrogen and oxygen atoms in total. The van der Waals surface area contributed by atoms with Gasteiger partial charge in [0.25, 0.3) is 0 Å². The van der Waals surface area contributed by atoms with Gasteiger partial charge in [-0.2, -0.15) is 0 Å². The number of hydrogen-bond donors (Lipinski definition) is 1. The molecule has 2 saturated carbocycles. The zero-order valence-electron chi connectivity index (χ0n) is 18.2. The molecule has 3 aromatic carbocycles. The van der Waals surface area contributed by atoms with Gasteiger partial charge in [-0.1, -0.05) is 38.1 Å². The van der Waals surface area contributed by atoms with Crippen molar-refractivity contribution in [2.45, 2.75) is 51.0 Å². The molecular weight excluding hydrogens is 388 g/mol. The van der Waals surface area contributed by atoms with Crippen molar-refractivity contribution < 1.29 is 9.53 Å². The van der Waals surface area contributed by atoms with E-state index in [2.05, 4.69) is 62.9 Å². The maximum atomic E-state index is 13.1. The summed E-state index contributed by atoms with van der Waals surface area (Å²) in [5, 5.41) is 4.66. The summed E-state index contributed by atoms with van der Waals surface area (Å²) in [4.78, 5) is 14.1. The van der Waals surface area contributed by atoms with E-state index in [0.717, 1.165) is 33.6 Å². The van der Waals surface area contributed by atoms with Crippen molar-refractivity contribution in [1.29, 1.82) is 0 Å². The van der Waals surface area contributed by atoms with Gasteiger partial charge in [0.1, 0.15) is 5.60 Å². The zero-order chi connectivity index (χ0) is 21.2. The van der Waals surface area contributed by atoms with E-state index in [1.54, 1.807) is 0 Å². The summed E-state index contributed by atoms with van der Waals surface area (Å²) in [5.74, 6) is 2.59. The number of hydrogen-bond acceptors (Lipinski definition) is 3. The van der Waals surface area contributed by atoms with Gasteiger partial charge in [0, 0.05) is 4.90 Å². The highest BCUT2D eigenvalue weighted by Crippen LogP contribution is 2.55. The quantitative estimate of drug-likeness (QED) is 0.282. The van der Waals surface area contributed by atoms with Crippen LogP contribution in [0.1, 0.15) is 46.1 Å². The summed E-state index contributed by atoms with van der Waals surface area (Å²) in [6, 6.07) is 16.9. The first-order chi connectivity index (χ1) is 14.2. The topological polar surface area (TPSA) is 26.3 Å².